The highest BCUT2D eigenvalue weighted by atomic mass is 16.5. The van der Waals surface area contributed by atoms with Crippen LogP contribution < -0.4 is 9.47 Å². The summed E-state index contributed by atoms with van der Waals surface area (Å²) in [6.45, 7) is 0.736. The van der Waals surface area contributed by atoms with Gasteiger partial charge in [0.25, 0.3) is 0 Å². The summed E-state index contributed by atoms with van der Waals surface area (Å²) >= 11 is 0. The number of hydrogen-bond acceptors (Lipinski definition) is 6. The first-order valence-electron chi connectivity index (χ1n) is 12.9. The number of aromatic nitrogens is 5. The highest BCUT2D eigenvalue weighted by molar-refractivity contribution is 6.09. The number of methoxy groups -OCH3 is 1. The number of fused-ring (bicyclic) bond motifs is 3. The van der Waals surface area contributed by atoms with Crippen molar-refractivity contribution >= 4 is 16.7 Å². The highest BCUT2D eigenvalue weighted by Gasteiger charge is 2.25. The van der Waals surface area contributed by atoms with Crippen molar-refractivity contribution in [2.45, 2.75) is 13.2 Å². The molecule has 0 aliphatic heterocycles. The summed E-state index contributed by atoms with van der Waals surface area (Å²) < 4.78 is 20.9. The van der Waals surface area contributed by atoms with Gasteiger partial charge in [-0.05, 0) is 47.5 Å². The largest absolute Gasteiger partial charge is 0.497 e. The van der Waals surface area contributed by atoms with Gasteiger partial charge in [-0.3, -0.25) is 0 Å². The zero-order valence-corrected chi connectivity index (χ0v) is 21.8. The number of nitrogens with zero attached hydrogens (tertiary/aromatic N) is 5. The average Bonchev–Trinajstić information content (AvgIpc) is 3.75. The molecule has 8 heteroatoms. The Morgan fingerprint density at radius 3 is 2.20 bits per heavy atom. The monoisotopic (exact) mass is 527 g/mol. The van der Waals surface area contributed by atoms with Crippen LogP contribution in [-0.4, -0.2) is 31.3 Å². The Kier molecular flexibility index (Phi) is 5.97. The maximum absolute atomic E-state index is 5.98. The summed E-state index contributed by atoms with van der Waals surface area (Å²) in [5.74, 6) is 2.88. The summed E-state index contributed by atoms with van der Waals surface area (Å²) in [7, 11) is 1.64. The third-order valence-corrected chi connectivity index (χ3v) is 6.86. The Hall–Kier alpha value is -5.37. The Balaban J connectivity index is 1.42. The number of ether oxygens (including phenoxy) is 2. The predicted octanol–water partition coefficient (Wildman–Crippen LogP) is 6.64. The predicted molar refractivity (Wildman–Crippen MR) is 152 cm³/mol. The van der Waals surface area contributed by atoms with Crippen LogP contribution in [0.4, 0.5) is 0 Å². The SMILES string of the molecule is COc1ccc(OCc2nc3c4c(-c5ccccc5)c(-c5ccccc5)n(Cc5ccco5)c4ncn3n2)cc1. The summed E-state index contributed by atoms with van der Waals surface area (Å²) in [5.41, 5.74) is 5.74. The van der Waals surface area contributed by atoms with E-state index in [4.69, 9.17) is 29.0 Å². The van der Waals surface area contributed by atoms with Crippen molar-refractivity contribution in [3.8, 4) is 33.9 Å². The molecule has 0 aliphatic carbocycles. The Labute approximate surface area is 230 Å². The van der Waals surface area contributed by atoms with Crippen LogP contribution >= 0.6 is 0 Å². The van der Waals surface area contributed by atoms with E-state index < -0.39 is 0 Å². The van der Waals surface area contributed by atoms with E-state index in [1.807, 2.05) is 72.8 Å². The fourth-order valence-corrected chi connectivity index (χ4v) is 5.06. The van der Waals surface area contributed by atoms with Gasteiger partial charge >= 0.3 is 0 Å². The Morgan fingerprint density at radius 1 is 0.775 bits per heavy atom. The molecule has 7 aromatic rings. The molecule has 0 atom stereocenters. The van der Waals surface area contributed by atoms with E-state index >= 15 is 0 Å². The number of hydrogen-bond donors (Lipinski definition) is 0. The van der Waals surface area contributed by atoms with E-state index in [9.17, 15) is 0 Å². The lowest BCUT2D eigenvalue weighted by Gasteiger charge is -2.11. The molecule has 196 valence electrons. The zero-order chi connectivity index (χ0) is 26.9. The van der Waals surface area contributed by atoms with Gasteiger partial charge < -0.3 is 18.5 Å². The van der Waals surface area contributed by atoms with Gasteiger partial charge in [-0.1, -0.05) is 60.7 Å². The average molecular weight is 528 g/mol. The molecular formula is C32H25N5O3. The molecule has 0 radical (unpaired) electrons. The fraction of sp³-hybridized carbons (Fsp3) is 0.0938. The molecule has 0 fully saturated rings. The maximum atomic E-state index is 5.98. The molecule has 0 saturated heterocycles. The van der Waals surface area contributed by atoms with Crippen molar-refractivity contribution in [1.29, 1.82) is 0 Å². The first-order chi connectivity index (χ1) is 19.8. The Bertz CT molecular complexity index is 1890. The van der Waals surface area contributed by atoms with Crippen molar-refractivity contribution in [1.82, 2.24) is 24.1 Å². The number of benzene rings is 3. The van der Waals surface area contributed by atoms with Crippen LogP contribution in [0.1, 0.15) is 11.6 Å². The van der Waals surface area contributed by atoms with Crippen LogP contribution in [0.5, 0.6) is 11.5 Å². The molecule has 0 bridgehead atoms. The summed E-state index contributed by atoms with van der Waals surface area (Å²) in [6.07, 6.45) is 3.41. The second-order valence-corrected chi connectivity index (χ2v) is 9.32. The van der Waals surface area contributed by atoms with Gasteiger partial charge in [0, 0.05) is 5.56 Å². The second-order valence-electron chi connectivity index (χ2n) is 9.32. The molecule has 0 saturated carbocycles. The van der Waals surface area contributed by atoms with Crippen molar-refractivity contribution < 1.29 is 13.9 Å². The van der Waals surface area contributed by atoms with Crippen LogP contribution in [-0.2, 0) is 13.2 Å². The van der Waals surface area contributed by atoms with Gasteiger partial charge in [-0.2, -0.15) is 0 Å². The maximum Gasteiger partial charge on any atom is 0.189 e. The van der Waals surface area contributed by atoms with E-state index in [0.29, 0.717) is 23.8 Å². The lowest BCUT2D eigenvalue weighted by molar-refractivity contribution is 0.295. The molecular weight excluding hydrogens is 502 g/mol. The second kappa shape index (κ2) is 10.1. The molecule has 7 rings (SSSR count). The molecule has 8 nitrogen and oxygen atoms in total. The summed E-state index contributed by atoms with van der Waals surface area (Å²) in [4.78, 5) is 9.85. The normalized spacial score (nSPS) is 11.3. The molecule has 3 aromatic carbocycles. The van der Waals surface area contributed by atoms with Crippen LogP contribution in [0.2, 0.25) is 0 Å². The lowest BCUT2D eigenvalue weighted by Crippen LogP contribution is -2.03. The van der Waals surface area contributed by atoms with E-state index in [0.717, 1.165) is 44.9 Å². The van der Waals surface area contributed by atoms with Crippen LogP contribution in [0.3, 0.4) is 0 Å². The fourth-order valence-electron chi connectivity index (χ4n) is 5.06. The molecule has 0 amide bonds. The van der Waals surface area contributed by atoms with E-state index in [2.05, 4.69) is 28.8 Å². The minimum Gasteiger partial charge on any atom is -0.497 e. The molecule has 0 spiro atoms. The standard InChI is InChI=1S/C32H25N5O3/c1-38-24-14-16-25(17-15-24)40-20-27-34-32-29-28(22-9-4-2-5-10-22)30(23-11-6-3-7-12-23)36(19-26-13-8-18-39-26)31(29)33-21-37(32)35-27/h2-18,21H,19-20H2,1H3. The first-order valence-corrected chi connectivity index (χ1v) is 12.9. The zero-order valence-electron chi connectivity index (χ0n) is 21.8. The van der Waals surface area contributed by atoms with Crippen molar-refractivity contribution in [3.05, 3.63) is 121 Å². The third-order valence-electron chi connectivity index (χ3n) is 6.86. The molecule has 4 heterocycles. The molecule has 0 N–H and O–H groups in total. The van der Waals surface area contributed by atoms with Crippen LogP contribution in [0.25, 0.3) is 39.1 Å². The number of rotatable bonds is 8. The van der Waals surface area contributed by atoms with Crippen molar-refractivity contribution in [2.75, 3.05) is 7.11 Å². The molecule has 4 aromatic heterocycles. The quantitative estimate of drug-likeness (QED) is 0.220. The van der Waals surface area contributed by atoms with E-state index in [1.54, 1.807) is 24.2 Å². The molecule has 40 heavy (non-hydrogen) atoms. The molecule has 0 unspecified atom stereocenters. The molecule has 0 aliphatic rings. The van der Waals surface area contributed by atoms with E-state index in [1.165, 1.54) is 0 Å². The third kappa shape index (κ3) is 4.25. The van der Waals surface area contributed by atoms with Gasteiger partial charge in [-0.15, -0.1) is 5.10 Å². The van der Waals surface area contributed by atoms with Gasteiger partial charge in [0.15, 0.2) is 11.5 Å². The van der Waals surface area contributed by atoms with Gasteiger partial charge in [0.05, 0.1) is 31.0 Å². The minimum atomic E-state index is 0.217. The van der Waals surface area contributed by atoms with Crippen LogP contribution in [0.15, 0.2) is 114 Å². The van der Waals surface area contributed by atoms with Crippen molar-refractivity contribution in [2.24, 2.45) is 0 Å². The van der Waals surface area contributed by atoms with Gasteiger partial charge in [0.2, 0.25) is 0 Å². The summed E-state index contributed by atoms with van der Waals surface area (Å²) in [6, 6.07) is 32.0. The lowest BCUT2D eigenvalue weighted by atomic mass is 9.99. The smallest absolute Gasteiger partial charge is 0.189 e. The first kappa shape index (κ1) is 23.7. The Morgan fingerprint density at radius 2 is 1.50 bits per heavy atom. The minimum absolute atomic E-state index is 0.217. The van der Waals surface area contributed by atoms with Gasteiger partial charge in [0.1, 0.15) is 35.8 Å². The summed E-state index contributed by atoms with van der Waals surface area (Å²) in [5, 5.41) is 5.62. The highest BCUT2D eigenvalue weighted by Crippen LogP contribution is 2.42. The topological polar surface area (TPSA) is 79.6 Å². The van der Waals surface area contributed by atoms with Crippen LogP contribution in [0, 0.1) is 0 Å². The van der Waals surface area contributed by atoms with Crippen molar-refractivity contribution in [3.63, 3.8) is 0 Å². The number of furan rings is 1. The van der Waals surface area contributed by atoms with Gasteiger partial charge in [-0.25, -0.2) is 14.5 Å². The van der Waals surface area contributed by atoms with E-state index in [-0.39, 0.29) is 6.61 Å².